The summed E-state index contributed by atoms with van der Waals surface area (Å²) in [6, 6.07) is 22.5. The predicted molar refractivity (Wildman–Crippen MR) is 104 cm³/mol. The molecule has 4 rings (SSSR count). The summed E-state index contributed by atoms with van der Waals surface area (Å²) in [6.07, 6.45) is 1.72. The van der Waals surface area contributed by atoms with Crippen LogP contribution in [0, 0.1) is 0 Å². The number of aromatic nitrogens is 1. The number of nitrogens with one attached hydrogen (secondary N) is 1. The first-order valence-electron chi connectivity index (χ1n) is 8.17. The third-order valence-corrected chi connectivity index (χ3v) is 4.74. The zero-order valence-electron chi connectivity index (χ0n) is 13.7. The van der Waals surface area contributed by atoms with Gasteiger partial charge in [-0.25, -0.2) is 0 Å². The first-order chi connectivity index (χ1) is 12.7. The molecule has 4 nitrogen and oxygen atoms in total. The highest BCUT2D eigenvalue weighted by molar-refractivity contribution is 9.10. The molecule has 1 atom stereocenters. The molecule has 0 bridgehead atoms. The number of hydrogen-bond acceptors (Lipinski definition) is 3. The number of hydrogen-bond donors (Lipinski definition) is 1. The minimum Gasteiger partial charge on any atom is -0.450 e. The van der Waals surface area contributed by atoms with Crippen LogP contribution in [0.1, 0.15) is 27.9 Å². The van der Waals surface area contributed by atoms with Crippen molar-refractivity contribution in [3.8, 4) is 0 Å². The molecule has 0 radical (unpaired) electrons. The number of rotatable bonds is 4. The first-order valence-corrected chi connectivity index (χ1v) is 8.96. The SMILES string of the molecule is O=C(NC(c1ccccc1)c1ccccn1)c1cc2cccc(Br)c2o1. The van der Waals surface area contributed by atoms with E-state index >= 15 is 0 Å². The highest BCUT2D eigenvalue weighted by atomic mass is 79.9. The molecule has 2 heterocycles. The van der Waals surface area contributed by atoms with Gasteiger partial charge in [-0.15, -0.1) is 0 Å². The topological polar surface area (TPSA) is 55.1 Å². The monoisotopic (exact) mass is 406 g/mol. The number of carbonyl (C=O) groups is 1. The van der Waals surface area contributed by atoms with Gasteiger partial charge in [-0.1, -0.05) is 48.5 Å². The molecule has 1 N–H and O–H groups in total. The molecule has 0 aliphatic rings. The zero-order chi connectivity index (χ0) is 17.9. The molecule has 2 aromatic heterocycles. The number of pyridine rings is 1. The Morgan fingerprint density at radius 1 is 1.00 bits per heavy atom. The Hall–Kier alpha value is -2.92. The summed E-state index contributed by atoms with van der Waals surface area (Å²) in [5.74, 6) is -0.0173. The van der Waals surface area contributed by atoms with Crippen molar-refractivity contribution >= 4 is 32.8 Å². The van der Waals surface area contributed by atoms with Crippen molar-refractivity contribution in [2.45, 2.75) is 6.04 Å². The van der Waals surface area contributed by atoms with Crippen molar-refractivity contribution in [1.82, 2.24) is 10.3 Å². The summed E-state index contributed by atoms with van der Waals surface area (Å²) >= 11 is 3.45. The lowest BCUT2D eigenvalue weighted by atomic mass is 10.0. The predicted octanol–water partition coefficient (Wildman–Crippen LogP) is 5.11. The quantitative estimate of drug-likeness (QED) is 0.512. The van der Waals surface area contributed by atoms with E-state index in [4.69, 9.17) is 4.42 Å². The van der Waals surface area contributed by atoms with E-state index in [-0.39, 0.29) is 17.7 Å². The minimum absolute atomic E-state index is 0.267. The molecule has 1 amide bonds. The molecule has 2 aromatic carbocycles. The highest BCUT2D eigenvalue weighted by Crippen LogP contribution is 2.28. The summed E-state index contributed by atoms with van der Waals surface area (Å²) in [7, 11) is 0. The van der Waals surface area contributed by atoms with Crippen molar-refractivity contribution in [1.29, 1.82) is 0 Å². The van der Waals surface area contributed by atoms with Gasteiger partial charge in [0.1, 0.15) is 5.58 Å². The van der Waals surface area contributed by atoms with E-state index in [1.54, 1.807) is 12.3 Å². The van der Waals surface area contributed by atoms with E-state index in [0.717, 1.165) is 21.1 Å². The Morgan fingerprint density at radius 3 is 2.54 bits per heavy atom. The number of para-hydroxylation sites is 1. The third kappa shape index (κ3) is 3.26. The Balaban J connectivity index is 1.68. The zero-order valence-corrected chi connectivity index (χ0v) is 15.3. The molecule has 0 aliphatic heterocycles. The molecule has 5 heteroatoms. The van der Waals surface area contributed by atoms with Crippen LogP contribution >= 0.6 is 15.9 Å². The van der Waals surface area contributed by atoms with Crippen LogP contribution in [-0.4, -0.2) is 10.9 Å². The number of furan rings is 1. The lowest BCUT2D eigenvalue weighted by Crippen LogP contribution is -2.29. The smallest absolute Gasteiger partial charge is 0.287 e. The van der Waals surface area contributed by atoms with Crippen LogP contribution in [0.5, 0.6) is 0 Å². The van der Waals surface area contributed by atoms with Crippen LogP contribution in [0.15, 0.2) is 87.9 Å². The van der Waals surface area contributed by atoms with E-state index in [1.165, 1.54) is 0 Å². The number of halogens is 1. The maximum Gasteiger partial charge on any atom is 0.287 e. The summed E-state index contributed by atoms with van der Waals surface area (Å²) in [4.78, 5) is 17.2. The Kier molecular flexibility index (Phi) is 4.54. The number of fused-ring (bicyclic) bond motifs is 1. The van der Waals surface area contributed by atoms with Gasteiger partial charge in [-0.2, -0.15) is 0 Å². The molecule has 0 spiro atoms. The van der Waals surface area contributed by atoms with E-state index in [2.05, 4.69) is 26.2 Å². The largest absolute Gasteiger partial charge is 0.450 e. The van der Waals surface area contributed by atoms with Crippen LogP contribution in [-0.2, 0) is 0 Å². The fraction of sp³-hybridized carbons (Fsp3) is 0.0476. The second kappa shape index (κ2) is 7.14. The molecular weight excluding hydrogens is 392 g/mol. The van der Waals surface area contributed by atoms with Gasteiger partial charge < -0.3 is 9.73 Å². The summed E-state index contributed by atoms with van der Waals surface area (Å²) in [6.45, 7) is 0. The Labute approximate surface area is 159 Å². The molecular formula is C21H15BrN2O2. The lowest BCUT2D eigenvalue weighted by molar-refractivity contribution is 0.0916. The van der Waals surface area contributed by atoms with Crippen LogP contribution in [0.3, 0.4) is 0 Å². The van der Waals surface area contributed by atoms with Crippen molar-refractivity contribution in [3.05, 3.63) is 100 Å². The van der Waals surface area contributed by atoms with Gasteiger partial charge in [0.15, 0.2) is 5.76 Å². The van der Waals surface area contributed by atoms with E-state index in [9.17, 15) is 4.79 Å². The number of carbonyl (C=O) groups excluding carboxylic acids is 1. The van der Waals surface area contributed by atoms with Gasteiger partial charge in [0, 0.05) is 11.6 Å². The van der Waals surface area contributed by atoms with Crippen LogP contribution in [0.2, 0.25) is 0 Å². The van der Waals surface area contributed by atoms with E-state index in [1.807, 2.05) is 66.7 Å². The molecule has 26 heavy (non-hydrogen) atoms. The van der Waals surface area contributed by atoms with Crippen LogP contribution < -0.4 is 5.32 Å². The highest BCUT2D eigenvalue weighted by Gasteiger charge is 2.21. The summed E-state index contributed by atoms with van der Waals surface area (Å²) in [5.41, 5.74) is 2.38. The molecule has 0 fully saturated rings. The van der Waals surface area contributed by atoms with E-state index in [0.29, 0.717) is 5.58 Å². The second-order valence-electron chi connectivity index (χ2n) is 5.84. The molecule has 0 saturated carbocycles. The van der Waals surface area contributed by atoms with Crippen molar-refractivity contribution in [2.75, 3.05) is 0 Å². The molecule has 4 aromatic rings. The average Bonchev–Trinajstić information content (AvgIpc) is 3.13. The van der Waals surface area contributed by atoms with Gasteiger partial charge in [0.05, 0.1) is 16.2 Å². The van der Waals surface area contributed by atoms with Crippen LogP contribution in [0.25, 0.3) is 11.0 Å². The van der Waals surface area contributed by atoms with E-state index < -0.39 is 0 Å². The van der Waals surface area contributed by atoms with Crippen molar-refractivity contribution in [2.24, 2.45) is 0 Å². The molecule has 1 unspecified atom stereocenters. The molecule has 0 aliphatic carbocycles. The second-order valence-corrected chi connectivity index (χ2v) is 6.69. The maximum absolute atomic E-state index is 12.8. The van der Waals surface area contributed by atoms with Gasteiger partial charge in [-0.05, 0) is 45.8 Å². The van der Waals surface area contributed by atoms with Gasteiger partial charge in [0.2, 0.25) is 0 Å². The first kappa shape index (κ1) is 16.5. The number of nitrogens with zero attached hydrogens (tertiary/aromatic N) is 1. The summed E-state index contributed by atoms with van der Waals surface area (Å²) < 4.78 is 6.57. The third-order valence-electron chi connectivity index (χ3n) is 4.11. The normalized spacial score (nSPS) is 12.0. The molecule has 0 saturated heterocycles. The fourth-order valence-electron chi connectivity index (χ4n) is 2.86. The van der Waals surface area contributed by atoms with Gasteiger partial charge >= 0.3 is 0 Å². The summed E-state index contributed by atoms with van der Waals surface area (Å²) in [5, 5.41) is 3.91. The molecule has 128 valence electrons. The minimum atomic E-state index is -0.360. The Bertz CT molecular complexity index is 1010. The number of amides is 1. The fourth-order valence-corrected chi connectivity index (χ4v) is 3.32. The lowest BCUT2D eigenvalue weighted by Gasteiger charge is -2.18. The van der Waals surface area contributed by atoms with Gasteiger partial charge in [0.25, 0.3) is 5.91 Å². The average molecular weight is 407 g/mol. The Morgan fingerprint density at radius 2 is 1.81 bits per heavy atom. The standard InChI is InChI=1S/C21H15BrN2O2/c22-16-10-6-9-15-13-18(26-20(15)16)21(25)24-19(14-7-2-1-3-8-14)17-11-4-5-12-23-17/h1-13,19H,(H,24,25). The van der Waals surface area contributed by atoms with Crippen molar-refractivity contribution < 1.29 is 9.21 Å². The van der Waals surface area contributed by atoms with Crippen LogP contribution in [0.4, 0.5) is 0 Å². The number of benzene rings is 2. The van der Waals surface area contributed by atoms with Gasteiger partial charge in [-0.3, -0.25) is 9.78 Å². The maximum atomic E-state index is 12.8. The van der Waals surface area contributed by atoms with Crippen molar-refractivity contribution in [3.63, 3.8) is 0 Å².